The first-order valence-electron chi connectivity index (χ1n) is 10.7. The summed E-state index contributed by atoms with van der Waals surface area (Å²) in [6.45, 7) is 4.41. The zero-order chi connectivity index (χ0) is 24.9. The molecule has 11 heteroatoms. The van der Waals surface area contributed by atoms with Crippen LogP contribution >= 0.6 is 0 Å². The number of hydrogen-bond acceptors (Lipinski definition) is 8. The third-order valence-corrected chi connectivity index (χ3v) is 7.16. The van der Waals surface area contributed by atoms with Gasteiger partial charge in [0, 0.05) is 38.6 Å². The number of hydrogen-bond donors (Lipinski definition) is 1. The van der Waals surface area contributed by atoms with Gasteiger partial charge in [0.05, 0.1) is 25.9 Å². The molecule has 1 aliphatic heterocycles. The molecule has 1 amide bonds. The highest BCUT2D eigenvalue weighted by molar-refractivity contribution is 7.89. The molecule has 0 spiro atoms. The maximum Gasteiger partial charge on any atom is 0.338 e. The summed E-state index contributed by atoms with van der Waals surface area (Å²) in [5.41, 5.74) is 1.58. The second-order valence-electron chi connectivity index (χ2n) is 7.84. The molecule has 184 valence electrons. The van der Waals surface area contributed by atoms with E-state index in [0.29, 0.717) is 18.9 Å². The summed E-state index contributed by atoms with van der Waals surface area (Å²) in [4.78, 5) is 27.2. The maximum absolute atomic E-state index is 12.6. The Morgan fingerprint density at radius 2 is 1.74 bits per heavy atom. The van der Waals surface area contributed by atoms with E-state index in [4.69, 9.17) is 14.2 Å². The van der Waals surface area contributed by atoms with Crippen LogP contribution in [0.5, 0.6) is 5.75 Å². The number of morpholine rings is 1. The summed E-state index contributed by atoms with van der Waals surface area (Å²) in [5.74, 6) is -1.25. The van der Waals surface area contributed by atoms with E-state index in [1.165, 1.54) is 46.3 Å². The third-order valence-electron chi connectivity index (χ3n) is 5.32. The molecule has 0 saturated carbocycles. The average molecular weight is 492 g/mol. The highest BCUT2D eigenvalue weighted by atomic mass is 32.2. The lowest BCUT2D eigenvalue weighted by Gasteiger charge is -2.28. The van der Waals surface area contributed by atoms with E-state index < -0.39 is 28.0 Å². The largest absolute Gasteiger partial charge is 0.495 e. The molecule has 10 nitrogen and oxygen atoms in total. The Hall–Kier alpha value is -3.15. The maximum atomic E-state index is 12.6. The summed E-state index contributed by atoms with van der Waals surface area (Å²) in [6, 6.07) is 11.3. The number of sulfonamides is 1. The molecule has 1 heterocycles. The first-order chi connectivity index (χ1) is 16.1. The zero-order valence-corrected chi connectivity index (χ0v) is 20.4. The topological polar surface area (TPSA) is 114 Å². The van der Waals surface area contributed by atoms with Crippen molar-refractivity contribution >= 4 is 33.3 Å². The second-order valence-corrected chi connectivity index (χ2v) is 9.96. The van der Waals surface area contributed by atoms with E-state index in [-0.39, 0.29) is 16.2 Å². The number of methoxy groups -OCH3 is 1. The Kier molecular flexibility index (Phi) is 8.13. The van der Waals surface area contributed by atoms with Crippen molar-refractivity contribution in [2.75, 3.05) is 57.7 Å². The van der Waals surface area contributed by atoms with Crippen LogP contribution in [-0.2, 0) is 24.3 Å². The monoisotopic (exact) mass is 491 g/mol. The predicted molar refractivity (Wildman–Crippen MR) is 127 cm³/mol. The molecule has 34 heavy (non-hydrogen) atoms. The molecule has 1 saturated heterocycles. The number of ether oxygens (including phenoxy) is 3. The molecule has 1 fully saturated rings. The molecule has 0 bridgehead atoms. The van der Waals surface area contributed by atoms with E-state index in [0.717, 1.165) is 23.1 Å². The molecule has 0 aliphatic carbocycles. The van der Waals surface area contributed by atoms with Gasteiger partial charge >= 0.3 is 5.97 Å². The van der Waals surface area contributed by atoms with E-state index in [1.54, 1.807) is 12.1 Å². The van der Waals surface area contributed by atoms with Crippen LogP contribution in [0.3, 0.4) is 0 Å². The van der Waals surface area contributed by atoms with Gasteiger partial charge in [-0.3, -0.25) is 4.79 Å². The number of anilines is 2. The van der Waals surface area contributed by atoms with Crippen molar-refractivity contribution in [3.8, 4) is 5.75 Å². The van der Waals surface area contributed by atoms with Crippen LogP contribution in [0.15, 0.2) is 47.4 Å². The zero-order valence-electron chi connectivity index (χ0n) is 19.6. The second kappa shape index (κ2) is 10.9. The van der Waals surface area contributed by atoms with Crippen LogP contribution < -0.4 is 15.0 Å². The minimum absolute atomic E-state index is 0.0178. The lowest BCUT2D eigenvalue weighted by atomic mass is 10.2. The molecule has 2 aromatic rings. The van der Waals surface area contributed by atoms with Crippen LogP contribution in [0.1, 0.15) is 17.3 Å². The molecule has 1 aliphatic rings. The first kappa shape index (κ1) is 25.5. The van der Waals surface area contributed by atoms with Crippen molar-refractivity contribution in [2.45, 2.75) is 17.9 Å². The third kappa shape index (κ3) is 5.85. The summed E-state index contributed by atoms with van der Waals surface area (Å²) in [5, 5.41) is 2.72. The van der Waals surface area contributed by atoms with Gasteiger partial charge in [-0.05, 0) is 49.4 Å². The Morgan fingerprint density at radius 3 is 2.32 bits per heavy atom. The first-order valence-corrected chi connectivity index (χ1v) is 12.1. The molecular formula is C23H29N3O7S. The van der Waals surface area contributed by atoms with Crippen LogP contribution in [0.2, 0.25) is 0 Å². The summed E-state index contributed by atoms with van der Waals surface area (Å²) in [7, 11) is 0.222. The number of nitrogens with one attached hydrogen (secondary N) is 1. The van der Waals surface area contributed by atoms with Crippen molar-refractivity contribution in [1.82, 2.24) is 4.31 Å². The van der Waals surface area contributed by atoms with Crippen LogP contribution in [0.4, 0.5) is 11.4 Å². The number of rotatable bonds is 8. The lowest BCUT2D eigenvalue weighted by molar-refractivity contribution is -0.123. The van der Waals surface area contributed by atoms with Crippen molar-refractivity contribution in [2.24, 2.45) is 0 Å². The van der Waals surface area contributed by atoms with Gasteiger partial charge in [-0.25, -0.2) is 17.5 Å². The molecule has 1 atom stereocenters. The van der Waals surface area contributed by atoms with Gasteiger partial charge in [0.2, 0.25) is 10.0 Å². The Balaban J connectivity index is 1.65. The normalized spacial score (nSPS) is 15.0. The number of amides is 1. The van der Waals surface area contributed by atoms with Gasteiger partial charge < -0.3 is 24.4 Å². The fourth-order valence-corrected chi connectivity index (χ4v) is 4.38. The fourth-order valence-electron chi connectivity index (χ4n) is 3.31. The van der Waals surface area contributed by atoms with Gasteiger partial charge in [0.1, 0.15) is 10.6 Å². The van der Waals surface area contributed by atoms with E-state index >= 15 is 0 Å². The van der Waals surface area contributed by atoms with Crippen molar-refractivity contribution in [3.05, 3.63) is 48.0 Å². The van der Waals surface area contributed by atoms with Crippen molar-refractivity contribution in [3.63, 3.8) is 0 Å². The van der Waals surface area contributed by atoms with E-state index in [9.17, 15) is 18.0 Å². The smallest absolute Gasteiger partial charge is 0.338 e. The molecule has 3 rings (SSSR count). The molecule has 0 radical (unpaired) electrons. The van der Waals surface area contributed by atoms with Gasteiger partial charge in [-0.1, -0.05) is 0 Å². The molecule has 0 aromatic heterocycles. The molecule has 2 aromatic carbocycles. The molecule has 1 unspecified atom stereocenters. The highest BCUT2D eigenvalue weighted by Crippen LogP contribution is 2.27. The van der Waals surface area contributed by atoms with Crippen LogP contribution in [0.25, 0.3) is 0 Å². The van der Waals surface area contributed by atoms with Gasteiger partial charge in [0.15, 0.2) is 6.10 Å². The highest BCUT2D eigenvalue weighted by Gasteiger charge is 2.26. The van der Waals surface area contributed by atoms with Crippen LogP contribution in [0, 0.1) is 0 Å². The SMILES string of the molecule is COc1ccc(C(=O)OC(C)C(=O)Nc2ccc(N3CCOCC3)cc2)cc1S(=O)(=O)N(C)C. The summed E-state index contributed by atoms with van der Waals surface area (Å²) >= 11 is 0. The number of carbonyl (C=O) groups excluding carboxylic acids is 2. The van der Waals surface area contributed by atoms with Crippen molar-refractivity contribution < 1.29 is 32.2 Å². The Morgan fingerprint density at radius 1 is 1.09 bits per heavy atom. The Labute approximate surface area is 199 Å². The lowest BCUT2D eigenvalue weighted by Crippen LogP contribution is -2.36. The predicted octanol–water partition coefficient (Wildman–Crippen LogP) is 1.97. The van der Waals surface area contributed by atoms with E-state index in [2.05, 4.69) is 10.2 Å². The number of benzene rings is 2. The average Bonchev–Trinajstić information content (AvgIpc) is 2.84. The number of nitrogens with zero attached hydrogens (tertiary/aromatic N) is 2. The van der Waals surface area contributed by atoms with E-state index in [1.807, 2.05) is 12.1 Å². The number of esters is 1. The van der Waals surface area contributed by atoms with Gasteiger partial charge in [-0.15, -0.1) is 0 Å². The summed E-state index contributed by atoms with van der Waals surface area (Å²) in [6.07, 6.45) is -1.11. The Bertz CT molecular complexity index is 1130. The fraction of sp³-hybridized carbons (Fsp3) is 0.391. The standard InChI is InChI=1S/C23H29N3O7S/c1-16(22(27)24-18-6-8-19(9-7-18)26-11-13-32-14-12-26)33-23(28)17-5-10-20(31-4)21(15-17)34(29,30)25(2)3/h5-10,15-16H,11-14H2,1-4H3,(H,24,27). The molecule has 1 N–H and O–H groups in total. The quantitative estimate of drug-likeness (QED) is 0.558. The van der Waals surface area contributed by atoms with Gasteiger partial charge in [-0.2, -0.15) is 0 Å². The summed E-state index contributed by atoms with van der Waals surface area (Å²) < 4.78 is 41.9. The molecular weight excluding hydrogens is 462 g/mol. The van der Waals surface area contributed by atoms with Crippen LogP contribution in [-0.4, -0.2) is 78.2 Å². The van der Waals surface area contributed by atoms with Crippen molar-refractivity contribution in [1.29, 1.82) is 0 Å². The number of carbonyl (C=O) groups is 2. The minimum Gasteiger partial charge on any atom is -0.495 e. The minimum atomic E-state index is -3.86. The van der Waals surface area contributed by atoms with Gasteiger partial charge in [0.25, 0.3) is 5.91 Å².